The highest BCUT2D eigenvalue weighted by atomic mass is 16.5. The zero-order valence-corrected chi connectivity index (χ0v) is 10.6. The van der Waals surface area contributed by atoms with E-state index in [2.05, 4.69) is 0 Å². The molecule has 0 saturated heterocycles. The fraction of sp³-hybridized carbons (Fsp3) is 0.500. The number of aliphatic hydroxyl groups is 3. The van der Waals surface area contributed by atoms with Gasteiger partial charge >= 0.3 is 7.12 Å². The summed E-state index contributed by atoms with van der Waals surface area (Å²) in [5, 5.41) is 37.7. The first-order valence-corrected chi connectivity index (χ1v) is 6.11. The van der Waals surface area contributed by atoms with E-state index in [9.17, 15) is 15.2 Å². The van der Waals surface area contributed by atoms with Gasteiger partial charge in [-0.3, -0.25) is 0 Å². The maximum atomic E-state index is 9.71. The van der Waals surface area contributed by atoms with Crippen LogP contribution in [-0.2, 0) is 0 Å². The Bertz CT molecular complexity index is 450. The van der Waals surface area contributed by atoms with Gasteiger partial charge in [-0.05, 0) is 24.0 Å². The zero-order valence-electron chi connectivity index (χ0n) is 10.6. The molecule has 1 aromatic carbocycles. The Balaban J connectivity index is 2.52. The predicted molar refractivity (Wildman–Crippen MR) is 68.0 cm³/mol. The molecule has 0 radical (unpaired) electrons. The van der Waals surface area contributed by atoms with Crippen molar-refractivity contribution in [3.8, 4) is 11.5 Å². The lowest BCUT2D eigenvalue weighted by atomic mass is 9.70. The van der Waals surface area contributed by atoms with Gasteiger partial charge in [0.2, 0.25) is 0 Å². The first kappa shape index (κ1) is 14.1. The van der Waals surface area contributed by atoms with Crippen LogP contribution < -0.4 is 9.39 Å². The molecular formula is C12H17BO6. The molecule has 1 aromatic rings. The maximum Gasteiger partial charge on any atom is 0.523 e. The van der Waals surface area contributed by atoms with Crippen molar-refractivity contribution in [2.45, 2.75) is 24.9 Å². The van der Waals surface area contributed by atoms with E-state index >= 15 is 0 Å². The smallest absolute Gasteiger partial charge is 0.523 e. The topological polar surface area (TPSA) is 99.4 Å². The summed E-state index contributed by atoms with van der Waals surface area (Å²) >= 11 is 0. The summed E-state index contributed by atoms with van der Waals surface area (Å²) in [4.78, 5) is 0. The molecule has 6 nitrogen and oxygen atoms in total. The third-order valence-corrected chi connectivity index (χ3v) is 3.32. The molecular weight excluding hydrogens is 251 g/mol. The van der Waals surface area contributed by atoms with Crippen LogP contribution in [0.4, 0.5) is 0 Å². The third-order valence-electron chi connectivity index (χ3n) is 3.32. The molecule has 1 atom stereocenters. The van der Waals surface area contributed by atoms with E-state index in [1.165, 1.54) is 7.11 Å². The van der Waals surface area contributed by atoms with Crippen LogP contribution in [0.2, 0.25) is 6.32 Å². The van der Waals surface area contributed by atoms with Gasteiger partial charge in [0.1, 0.15) is 11.5 Å². The van der Waals surface area contributed by atoms with E-state index in [0.29, 0.717) is 12.7 Å². The summed E-state index contributed by atoms with van der Waals surface area (Å²) in [6, 6.07) is 3.38. The van der Waals surface area contributed by atoms with Crippen LogP contribution in [-0.4, -0.2) is 41.2 Å². The summed E-state index contributed by atoms with van der Waals surface area (Å²) in [6.07, 6.45) is -0.924. The molecule has 7 heteroatoms. The molecule has 0 spiro atoms. The predicted octanol–water partition coefficient (Wildman–Crippen LogP) is 0.0173. The fourth-order valence-electron chi connectivity index (χ4n) is 2.46. The minimum Gasteiger partial charge on any atom is -0.535 e. The van der Waals surface area contributed by atoms with Crippen LogP contribution in [0.15, 0.2) is 12.1 Å². The molecule has 1 aliphatic heterocycles. The first-order chi connectivity index (χ1) is 9.08. The van der Waals surface area contributed by atoms with Crippen molar-refractivity contribution >= 4 is 7.12 Å². The quantitative estimate of drug-likeness (QED) is 0.453. The Hall–Kier alpha value is -1.28. The van der Waals surface area contributed by atoms with Crippen molar-refractivity contribution in [1.29, 1.82) is 0 Å². The highest BCUT2D eigenvalue weighted by Gasteiger charge is 2.35. The maximum absolute atomic E-state index is 9.71. The molecule has 0 aliphatic carbocycles. The Morgan fingerprint density at radius 1 is 1.47 bits per heavy atom. The van der Waals surface area contributed by atoms with Crippen LogP contribution in [0.5, 0.6) is 11.5 Å². The van der Waals surface area contributed by atoms with Gasteiger partial charge in [0.15, 0.2) is 6.29 Å². The van der Waals surface area contributed by atoms with E-state index in [1.807, 2.05) is 0 Å². The molecule has 0 fully saturated rings. The zero-order chi connectivity index (χ0) is 14.0. The lowest BCUT2D eigenvalue weighted by Crippen LogP contribution is -2.30. The Kier molecular flexibility index (Phi) is 4.31. The number of hydrogen-bond acceptors (Lipinski definition) is 6. The summed E-state index contributed by atoms with van der Waals surface area (Å²) in [5.41, 5.74) is 0.838. The Labute approximate surface area is 111 Å². The monoisotopic (exact) mass is 268 g/mol. The van der Waals surface area contributed by atoms with E-state index in [4.69, 9.17) is 14.5 Å². The van der Waals surface area contributed by atoms with Gasteiger partial charge in [-0.2, -0.15) is 0 Å². The fourth-order valence-corrected chi connectivity index (χ4v) is 2.46. The standard InChI is InChI=1S/C12H17BO6/c1-18-9-3-2-8-7(4-5-14)6-13(17)19-11(8)10(9)12(15)16/h2-3,7,12,14-17H,4-6H2,1H3. The normalized spacial score (nSPS) is 18.2. The van der Waals surface area contributed by atoms with Crippen LogP contribution in [0.25, 0.3) is 0 Å². The Morgan fingerprint density at radius 2 is 2.21 bits per heavy atom. The minimum absolute atomic E-state index is 0.0140. The molecule has 1 aliphatic rings. The highest BCUT2D eigenvalue weighted by molar-refractivity contribution is 6.44. The molecule has 1 unspecified atom stereocenters. The van der Waals surface area contributed by atoms with Crippen molar-refractivity contribution in [2.24, 2.45) is 0 Å². The largest absolute Gasteiger partial charge is 0.535 e. The lowest BCUT2D eigenvalue weighted by Gasteiger charge is -2.30. The number of methoxy groups -OCH3 is 1. The minimum atomic E-state index is -1.76. The molecule has 0 amide bonds. The molecule has 0 aromatic heterocycles. The van der Waals surface area contributed by atoms with Gasteiger partial charge in [-0.1, -0.05) is 6.07 Å². The molecule has 1 heterocycles. The molecule has 0 saturated carbocycles. The second-order valence-electron chi connectivity index (χ2n) is 4.49. The number of benzene rings is 1. The van der Waals surface area contributed by atoms with Crippen LogP contribution in [0, 0.1) is 0 Å². The number of hydrogen-bond donors (Lipinski definition) is 4. The van der Waals surface area contributed by atoms with Gasteiger partial charge in [-0.25, -0.2) is 0 Å². The number of rotatable bonds is 4. The Morgan fingerprint density at radius 3 is 2.79 bits per heavy atom. The number of ether oxygens (including phenoxy) is 1. The van der Waals surface area contributed by atoms with Crippen LogP contribution in [0.3, 0.4) is 0 Å². The van der Waals surface area contributed by atoms with Crippen molar-refractivity contribution in [3.05, 3.63) is 23.3 Å². The average molecular weight is 268 g/mol. The summed E-state index contributed by atoms with van der Waals surface area (Å²) in [5.74, 6) is 0.421. The summed E-state index contributed by atoms with van der Waals surface area (Å²) in [7, 11) is 0.381. The first-order valence-electron chi connectivity index (χ1n) is 6.11. The van der Waals surface area contributed by atoms with E-state index in [-0.39, 0.29) is 29.6 Å². The van der Waals surface area contributed by atoms with Gasteiger partial charge in [0, 0.05) is 12.9 Å². The van der Waals surface area contributed by atoms with Gasteiger partial charge in [0.25, 0.3) is 0 Å². The highest BCUT2D eigenvalue weighted by Crippen LogP contribution is 2.44. The van der Waals surface area contributed by atoms with Gasteiger partial charge < -0.3 is 29.7 Å². The number of aliphatic hydroxyl groups excluding tert-OH is 2. The van der Waals surface area contributed by atoms with Crippen LogP contribution in [0.1, 0.15) is 29.8 Å². The van der Waals surface area contributed by atoms with Crippen molar-refractivity contribution in [3.63, 3.8) is 0 Å². The molecule has 4 N–H and O–H groups in total. The second kappa shape index (κ2) is 5.79. The third kappa shape index (κ3) is 2.69. The van der Waals surface area contributed by atoms with Gasteiger partial charge in [0.05, 0.1) is 12.7 Å². The van der Waals surface area contributed by atoms with E-state index in [0.717, 1.165) is 5.56 Å². The molecule has 2 rings (SSSR count). The van der Waals surface area contributed by atoms with E-state index < -0.39 is 13.4 Å². The lowest BCUT2D eigenvalue weighted by molar-refractivity contribution is -0.0451. The SMILES string of the molecule is COc1ccc2c(c1C(O)O)OB(O)CC2CCO. The average Bonchev–Trinajstić information content (AvgIpc) is 2.37. The summed E-state index contributed by atoms with van der Waals surface area (Å²) < 4.78 is 10.4. The van der Waals surface area contributed by atoms with Gasteiger partial charge in [-0.15, -0.1) is 0 Å². The van der Waals surface area contributed by atoms with Crippen molar-refractivity contribution < 1.29 is 29.7 Å². The molecule has 0 bridgehead atoms. The van der Waals surface area contributed by atoms with Crippen molar-refractivity contribution in [1.82, 2.24) is 0 Å². The molecule has 19 heavy (non-hydrogen) atoms. The number of fused-ring (bicyclic) bond motifs is 1. The molecule has 104 valence electrons. The van der Waals surface area contributed by atoms with E-state index in [1.54, 1.807) is 12.1 Å². The summed E-state index contributed by atoms with van der Waals surface area (Å²) in [6.45, 7) is -0.0140. The van der Waals surface area contributed by atoms with Crippen LogP contribution >= 0.6 is 0 Å². The second-order valence-corrected chi connectivity index (χ2v) is 4.49. The van der Waals surface area contributed by atoms with Crippen molar-refractivity contribution in [2.75, 3.05) is 13.7 Å².